The fourth-order valence-electron chi connectivity index (χ4n) is 4.56. The number of carbonyl (C=O) groups is 2. The van der Waals surface area contributed by atoms with Crippen molar-refractivity contribution in [2.75, 3.05) is 33.8 Å². The van der Waals surface area contributed by atoms with E-state index in [9.17, 15) is 14.7 Å². The van der Waals surface area contributed by atoms with Crippen LogP contribution in [0.4, 0.5) is 0 Å². The Balaban J connectivity index is 1.63. The van der Waals surface area contributed by atoms with E-state index in [4.69, 9.17) is 9.47 Å². The lowest BCUT2D eigenvalue weighted by molar-refractivity contribution is -0.140. The van der Waals surface area contributed by atoms with Gasteiger partial charge < -0.3 is 24.4 Å². The summed E-state index contributed by atoms with van der Waals surface area (Å²) in [5.41, 5.74) is 3.48. The maximum Gasteiger partial charge on any atom is 0.295 e. The number of aryl methyl sites for hydroxylation is 1. The van der Waals surface area contributed by atoms with Crippen molar-refractivity contribution in [1.29, 1.82) is 0 Å². The van der Waals surface area contributed by atoms with Crippen molar-refractivity contribution in [1.82, 2.24) is 9.80 Å². The predicted molar refractivity (Wildman–Crippen MR) is 152 cm³/mol. The zero-order valence-corrected chi connectivity index (χ0v) is 23.0. The van der Waals surface area contributed by atoms with Gasteiger partial charge in [-0.2, -0.15) is 0 Å². The van der Waals surface area contributed by atoms with Crippen LogP contribution in [0.5, 0.6) is 11.5 Å². The molecule has 0 saturated carbocycles. The predicted octanol–water partition coefficient (Wildman–Crippen LogP) is 5.35. The monoisotopic (exact) mass is 528 g/mol. The lowest BCUT2D eigenvalue weighted by Gasteiger charge is -2.26. The number of aliphatic hydroxyl groups excluding tert-OH is 1. The molecule has 0 unspecified atom stereocenters. The third-order valence-corrected chi connectivity index (χ3v) is 6.61. The van der Waals surface area contributed by atoms with Crippen LogP contribution in [-0.2, 0) is 16.2 Å². The van der Waals surface area contributed by atoms with Crippen LogP contribution in [0.25, 0.3) is 5.76 Å². The van der Waals surface area contributed by atoms with Crippen molar-refractivity contribution in [3.8, 4) is 11.5 Å². The molecule has 1 amide bonds. The van der Waals surface area contributed by atoms with Gasteiger partial charge in [-0.25, -0.2) is 0 Å². The van der Waals surface area contributed by atoms with E-state index in [1.807, 2.05) is 75.3 Å². The number of likely N-dealkylation sites (tertiary alicyclic amines) is 1. The highest BCUT2D eigenvalue weighted by Crippen LogP contribution is 2.40. The topological polar surface area (TPSA) is 79.3 Å². The molecule has 1 heterocycles. The number of carbonyl (C=O) groups excluding carboxylic acids is 2. The number of Topliss-reactive ketones (excluding diaryl/α,β-unsaturated/α-hetero) is 1. The van der Waals surface area contributed by atoms with Crippen LogP contribution >= 0.6 is 0 Å². The molecule has 1 atom stereocenters. The number of hydrogen-bond donors (Lipinski definition) is 1. The lowest BCUT2D eigenvalue weighted by Crippen LogP contribution is -2.35. The van der Waals surface area contributed by atoms with Crippen molar-refractivity contribution in [2.45, 2.75) is 32.9 Å². The Morgan fingerprint density at radius 2 is 1.62 bits per heavy atom. The van der Waals surface area contributed by atoms with Crippen molar-refractivity contribution in [3.05, 3.63) is 101 Å². The van der Waals surface area contributed by atoms with Gasteiger partial charge in [0.15, 0.2) is 0 Å². The van der Waals surface area contributed by atoms with Gasteiger partial charge in [-0.05, 0) is 75.0 Å². The van der Waals surface area contributed by atoms with Crippen LogP contribution in [0.2, 0.25) is 0 Å². The normalized spacial score (nSPS) is 16.6. The van der Waals surface area contributed by atoms with Gasteiger partial charge in [0, 0.05) is 18.7 Å². The highest BCUT2D eigenvalue weighted by molar-refractivity contribution is 6.46. The Hall–Kier alpha value is -4.10. The van der Waals surface area contributed by atoms with E-state index in [0.29, 0.717) is 43.4 Å². The van der Waals surface area contributed by atoms with Gasteiger partial charge in [0.25, 0.3) is 11.7 Å². The fourth-order valence-corrected chi connectivity index (χ4v) is 4.56. The Morgan fingerprint density at radius 3 is 2.26 bits per heavy atom. The average molecular weight is 529 g/mol. The zero-order valence-electron chi connectivity index (χ0n) is 23.0. The second-order valence-electron chi connectivity index (χ2n) is 10.0. The minimum atomic E-state index is -0.706. The van der Waals surface area contributed by atoms with Crippen LogP contribution in [0.3, 0.4) is 0 Å². The van der Waals surface area contributed by atoms with Gasteiger partial charge in [0.2, 0.25) is 0 Å². The molecule has 7 heteroatoms. The van der Waals surface area contributed by atoms with Crippen LogP contribution in [0.1, 0.15) is 41.6 Å². The van der Waals surface area contributed by atoms with E-state index in [0.717, 1.165) is 23.1 Å². The summed E-state index contributed by atoms with van der Waals surface area (Å²) in [6.07, 6.45) is 0.891. The van der Waals surface area contributed by atoms with Crippen LogP contribution < -0.4 is 9.47 Å². The number of likely N-dealkylation sites (N-methyl/N-ethyl adjacent to an activating group) is 1. The van der Waals surface area contributed by atoms with Gasteiger partial charge in [-0.15, -0.1) is 0 Å². The summed E-state index contributed by atoms with van der Waals surface area (Å²) in [4.78, 5) is 29.9. The summed E-state index contributed by atoms with van der Waals surface area (Å²) < 4.78 is 11.6. The molecule has 0 aliphatic carbocycles. The number of aliphatic hydroxyl groups is 1. The molecule has 0 spiro atoms. The van der Waals surface area contributed by atoms with Gasteiger partial charge in [0.1, 0.15) is 23.9 Å². The first-order chi connectivity index (χ1) is 18.8. The summed E-state index contributed by atoms with van der Waals surface area (Å²) in [5.74, 6) is -0.164. The third-order valence-electron chi connectivity index (χ3n) is 6.61. The molecular formula is C32H36N2O5. The molecule has 1 saturated heterocycles. The molecule has 1 aliphatic heterocycles. The summed E-state index contributed by atoms with van der Waals surface area (Å²) in [6.45, 7) is 6.02. The highest BCUT2D eigenvalue weighted by atomic mass is 16.5. The minimum absolute atomic E-state index is 0.0782. The number of ether oxygens (including phenoxy) is 2. The van der Waals surface area contributed by atoms with E-state index in [-0.39, 0.29) is 11.3 Å². The summed E-state index contributed by atoms with van der Waals surface area (Å²) >= 11 is 0. The Morgan fingerprint density at radius 1 is 0.949 bits per heavy atom. The van der Waals surface area contributed by atoms with Gasteiger partial charge in [0.05, 0.1) is 18.2 Å². The number of nitrogens with zero attached hydrogens (tertiary/aromatic N) is 2. The minimum Gasteiger partial charge on any atom is -0.507 e. The van der Waals surface area contributed by atoms with E-state index >= 15 is 0 Å². The van der Waals surface area contributed by atoms with Gasteiger partial charge >= 0.3 is 0 Å². The second-order valence-corrected chi connectivity index (χ2v) is 10.0. The molecule has 1 aliphatic rings. The molecule has 0 bridgehead atoms. The SMILES string of the molecule is CCCOc1ccc([C@@H]2C(=C(O)c3ccc(OCc4cccc(C)c4)cc3)C(=O)C(=O)N2CCN(C)C)cc1. The third kappa shape index (κ3) is 6.67. The average Bonchev–Trinajstić information content (AvgIpc) is 3.19. The molecule has 0 radical (unpaired) electrons. The van der Waals surface area contributed by atoms with Gasteiger partial charge in [-0.3, -0.25) is 9.59 Å². The number of ketones is 1. The molecule has 7 nitrogen and oxygen atoms in total. The number of hydrogen-bond acceptors (Lipinski definition) is 6. The molecular weight excluding hydrogens is 492 g/mol. The first kappa shape index (κ1) is 27.9. The van der Waals surface area contributed by atoms with E-state index in [1.54, 1.807) is 24.3 Å². The molecule has 4 rings (SSSR count). The molecule has 204 valence electrons. The number of amides is 1. The van der Waals surface area contributed by atoms with Crippen molar-refractivity contribution < 1.29 is 24.2 Å². The Bertz CT molecular complexity index is 1330. The van der Waals surface area contributed by atoms with Gasteiger partial charge in [-0.1, -0.05) is 48.9 Å². The standard InChI is InChI=1S/C32H36N2O5/c1-5-19-38-26-13-9-24(10-14-26)29-28(31(36)32(37)34(29)18-17-33(3)4)30(35)25-11-15-27(16-12-25)39-21-23-8-6-7-22(2)20-23/h6-16,20,29,35H,5,17-19,21H2,1-4H3/t29-/m1/s1. The molecule has 1 N–H and O–H groups in total. The number of rotatable bonds is 11. The highest BCUT2D eigenvalue weighted by Gasteiger charge is 2.45. The Labute approximate surface area is 230 Å². The smallest absolute Gasteiger partial charge is 0.295 e. The largest absolute Gasteiger partial charge is 0.507 e. The maximum atomic E-state index is 13.2. The van der Waals surface area contributed by atoms with E-state index < -0.39 is 17.7 Å². The van der Waals surface area contributed by atoms with Crippen LogP contribution in [0.15, 0.2) is 78.4 Å². The molecule has 3 aromatic rings. The summed E-state index contributed by atoms with van der Waals surface area (Å²) in [7, 11) is 3.82. The fraction of sp³-hybridized carbons (Fsp3) is 0.312. The zero-order chi connectivity index (χ0) is 27.9. The van der Waals surface area contributed by atoms with E-state index in [2.05, 4.69) is 6.07 Å². The number of benzene rings is 3. The van der Waals surface area contributed by atoms with Crippen molar-refractivity contribution >= 4 is 17.4 Å². The summed E-state index contributed by atoms with van der Waals surface area (Å²) in [5, 5.41) is 11.3. The van der Waals surface area contributed by atoms with Crippen molar-refractivity contribution in [2.24, 2.45) is 0 Å². The Kier molecular flexibility index (Phi) is 9.04. The molecule has 39 heavy (non-hydrogen) atoms. The second kappa shape index (κ2) is 12.6. The summed E-state index contributed by atoms with van der Waals surface area (Å²) in [6, 6.07) is 21.7. The maximum absolute atomic E-state index is 13.2. The first-order valence-corrected chi connectivity index (χ1v) is 13.2. The quantitative estimate of drug-likeness (QED) is 0.205. The van der Waals surface area contributed by atoms with Crippen molar-refractivity contribution in [3.63, 3.8) is 0 Å². The molecule has 1 fully saturated rings. The molecule has 3 aromatic carbocycles. The lowest BCUT2D eigenvalue weighted by atomic mass is 9.95. The molecule has 0 aromatic heterocycles. The first-order valence-electron chi connectivity index (χ1n) is 13.2. The van der Waals surface area contributed by atoms with E-state index in [1.165, 1.54) is 4.90 Å². The van der Waals surface area contributed by atoms with Crippen LogP contribution in [0, 0.1) is 6.92 Å². The van der Waals surface area contributed by atoms with Crippen LogP contribution in [-0.4, -0.2) is 60.4 Å².